The largest absolute Gasteiger partial charge is 0.459 e. The average Bonchev–Trinajstić information content (AvgIpc) is 3.40. The minimum Gasteiger partial charge on any atom is -0.459 e. The molecule has 182 valence electrons. The minimum atomic E-state index is -3.53. The van der Waals surface area contributed by atoms with Gasteiger partial charge in [-0.05, 0) is 30.6 Å². The number of ether oxygens (including phenoxy) is 1. The number of nitrogens with zero attached hydrogens (tertiary/aromatic N) is 3. The Morgan fingerprint density at radius 1 is 1.42 bits per heavy atom. The molecule has 1 unspecified atom stereocenters. The van der Waals surface area contributed by atoms with Gasteiger partial charge in [0.2, 0.25) is 5.95 Å². The second-order valence-corrected chi connectivity index (χ2v) is 13.0. The zero-order valence-corrected chi connectivity index (χ0v) is 20.5. The van der Waals surface area contributed by atoms with Crippen LogP contribution >= 0.6 is 7.15 Å². The molecule has 7 atom stereocenters. The SMILES string of the molecule is CC1(C)[C@@H]2CC[C@@]1(C)[C@@H](O[P+](O)([S-])OC[C@H]1O[C@@H](n3cnc4c(=O)[nH]c(N)nc43)C[C@@H]1O)C2. The molecule has 0 aromatic carbocycles. The van der Waals surface area contributed by atoms with Crippen molar-refractivity contribution in [2.24, 2.45) is 16.7 Å². The van der Waals surface area contributed by atoms with Gasteiger partial charge < -0.3 is 27.8 Å². The summed E-state index contributed by atoms with van der Waals surface area (Å²) in [6.45, 7) is 6.60. The van der Waals surface area contributed by atoms with Crippen LogP contribution in [0.3, 0.4) is 0 Å². The molecule has 11 nitrogen and oxygen atoms in total. The predicted molar refractivity (Wildman–Crippen MR) is 124 cm³/mol. The number of fused-ring (bicyclic) bond motifs is 3. The Bertz CT molecular complexity index is 1120. The Hall–Kier alpha value is -1.27. The van der Waals surface area contributed by atoms with Gasteiger partial charge >= 0.3 is 0 Å². The standard InChI is InChI=1S/C20H30N5O6PS/c1-19(2)10-4-5-20(19,3)13(6-10)31-32(28,33)29-8-12-11(26)7-14(30-12)25-9-22-15-16(25)23-18(21)24-17(15)27/h9-14,26H,4-8H2,1-3H3,(H,28,33)(H3,21,23,24,27)/t10-,11+,12-,13+,14-,20+,32?/m1/s1. The third kappa shape index (κ3) is 3.80. The van der Waals surface area contributed by atoms with Crippen LogP contribution in [0.1, 0.15) is 52.7 Å². The lowest BCUT2D eigenvalue weighted by Crippen LogP contribution is -2.37. The van der Waals surface area contributed by atoms with E-state index in [0.717, 1.165) is 19.3 Å². The quantitative estimate of drug-likeness (QED) is 0.341. The van der Waals surface area contributed by atoms with Crippen molar-refractivity contribution >= 4 is 36.5 Å². The fourth-order valence-electron chi connectivity index (χ4n) is 5.84. The van der Waals surface area contributed by atoms with Crippen molar-refractivity contribution in [2.45, 2.75) is 71.0 Å². The molecule has 13 heteroatoms. The maximum Gasteiger partial charge on any atom is 0.286 e. The molecule has 1 saturated heterocycles. The third-order valence-corrected chi connectivity index (χ3v) is 9.91. The predicted octanol–water partition coefficient (Wildman–Crippen LogP) is 1.81. The summed E-state index contributed by atoms with van der Waals surface area (Å²) >= 11 is 5.30. The van der Waals surface area contributed by atoms with Gasteiger partial charge in [-0.15, -0.1) is 0 Å². The van der Waals surface area contributed by atoms with Gasteiger partial charge in [0.25, 0.3) is 12.7 Å². The van der Waals surface area contributed by atoms with Crippen LogP contribution in [0.25, 0.3) is 11.2 Å². The lowest BCUT2D eigenvalue weighted by atomic mass is 9.70. The number of nitrogen functional groups attached to an aromatic ring is 1. The van der Waals surface area contributed by atoms with Gasteiger partial charge in [-0.3, -0.25) is 14.3 Å². The summed E-state index contributed by atoms with van der Waals surface area (Å²) < 4.78 is 19.1. The number of nitrogens with one attached hydrogen (secondary N) is 1. The van der Waals surface area contributed by atoms with Crippen LogP contribution in [-0.4, -0.2) is 54.4 Å². The summed E-state index contributed by atoms with van der Waals surface area (Å²) in [5.74, 6) is 0.506. The molecule has 0 spiro atoms. The highest BCUT2D eigenvalue weighted by molar-refractivity contribution is 8.35. The number of anilines is 1. The van der Waals surface area contributed by atoms with E-state index in [1.807, 2.05) is 0 Å². The van der Waals surface area contributed by atoms with Crippen LogP contribution in [0.15, 0.2) is 11.1 Å². The number of H-pyrrole nitrogens is 1. The van der Waals surface area contributed by atoms with E-state index in [1.54, 1.807) is 4.57 Å². The van der Waals surface area contributed by atoms with E-state index < -0.39 is 31.1 Å². The van der Waals surface area contributed by atoms with E-state index in [2.05, 4.69) is 35.7 Å². The fourth-order valence-corrected chi connectivity index (χ4v) is 7.37. The summed E-state index contributed by atoms with van der Waals surface area (Å²) in [5, 5.41) is 10.5. The van der Waals surface area contributed by atoms with Gasteiger partial charge in [-0.1, -0.05) is 20.8 Å². The fraction of sp³-hybridized carbons (Fsp3) is 0.750. The lowest BCUT2D eigenvalue weighted by Gasteiger charge is -2.39. The smallest absolute Gasteiger partial charge is 0.286 e. The first-order valence-corrected chi connectivity index (χ1v) is 13.7. The van der Waals surface area contributed by atoms with Gasteiger partial charge in [0, 0.05) is 11.8 Å². The molecule has 2 aromatic rings. The topological polar surface area (TPSA) is 158 Å². The monoisotopic (exact) mass is 499 g/mol. The van der Waals surface area contributed by atoms with Crippen molar-refractivity contribution in [3.63, 3.8) is 0 Å². The number of aliphatic hydroxyl groups excluding tert-OH is 1. The van der Waals surface area contributed by atoms with Crippen molar-refractivity contribution in [1.82, 2.24) is 19.5 Å². The average molecular weight is 500 g/mol. The summed E-state index contributed by atoms with van der Waals surface area (Å²) in [6, 6.07) is 0. The second kappa shape index (κ2) is 7.87. The van der Waals surface area contributed by atoms with Gasteiger partial charge in [0.05, 0.1) is 12.4 Å². The Kier molecular flexibility index (Phi) is 5.60. The third-order valence-electron chi connectivity index (χ3n) is 8.34. The Labute approximate surface area is 196 Å². The first-order chi connectivity index (χ1) is 15.4. The summed E-state index contributed by atoms with van der Waals surface area (Å²) in [5.41, 5.74) is 5.65. The number of hydrogen-bond donors (Lipinski definition) is 4. The molecule has 1 aliphatic heterocycles. The molecule has 2 bridgehead atoms. The maximum atomic E-state index is 12.0. The van der Waals surface area contributed by atoms with E-state index >= 15 is 0 Å². The molecular formula is C20H30N5O6PS. The molecule has 0 amide bonds. The van der Waals surface area contributed by atoms with Crippen molar-refractivity contribution in [2.75, 3.05) is 12.3 Å². The number of imidazole rings is 1. The molecule has 5 N–H and O–H groups in total. The molecular weight excluding hydrogens is 469 g/mol. The zero-order valence-electron chi connectivity index (χ0n) is 18.8. The van der Waals surface area contributed by atoms with Crippen LogP contribution < -0.4 is 11.3 Å². The van der Waals surface area contributed by atoms with Crippen LogP contribution in [0.4, 0.5) is 5.95 Å². The number of nitrogens with two attached hydrogens (primary N) is 1. The van der Waals surface area contributed by atoms with Crippen molar-refractivity contribution in [3.8, 4) is 0 Å². The first kappa shape index (κ1) is 23.5. The van der Waals surface area contributed by atoms with Gasteiger partial charge in [0.1, 0.15) is 25.0 Å². The molecule has 3 fully saturated rings. The van der Waals surface area contributed by atoms with Crippen molar-refractivity contribution in [3.05, 3.63) is 16.7 Å². The van der Waals surface area contributed by atoms with Gasteiger partial charge in [0.15, 0.2) is 11.2 Å². The lowest BCUT2D eigenvalue weighted by molar-refractivity contribution is -0.0463. The maximum absolute atomic E-state index is 12.0. The number of aromatic nitrogens is 4. The van der Waals surface area contributed by atoms with Crippen LogP contribution in [0, 0.1) is 16.7 Å². The highest BCUT2D eigenvalue weighted by Crippen LogP contribution is 2.70. The zero-order chi connectivity index (χ0) is 23.8. The summed E-state index contributed by atoms with van der Waals surface area (Å²) in [4.78, 5) is 33.4. The van der Waals surface area contributed by atoms with E-state index in [-0.39, 0.29) is 47.1 Å². The number of aliphatic hydroxyl groups is 1. The molecule has 2 saturated carbocycles. The Balaban J connectivity index is 1.23. The Morgan fingerprint density at radius 2 is 2.18 bits per heavy atom. The highest BCUT2D eigenvalue weighted by Gasteiger charge is 2.64. The molecule has 2 aliphatic carbocycles. The molecule has 5 rings (SSSR count). The van der Waals surface area contributed by atoms with Crippen LogP contribution in [0.5, 0.6) is 0 Å². The summed E-state index contributed by atoms with van der Waals surface area (Å²) in [6.07, 6.45) is 2.31. The van der Waals surface area contributed by atoms with E-state index in [4.69, 9.17) is 31.8 Å². The normalized spacial score (nSPS) is 37.1. The minimum absolute atomic E-state index is 0.0386. The van der Waals surface area contributed by atoms with Gasteiger partial charge in [-0.25, -0.2) is 9.88 Å². The Morgan fingerprint density at radius 3 is 2.85 bits per heavy atom. The first-order valence-electron chi connectivity index (χ1n) is 11.1. The molecule has 33 heavy (non-hydrogen) atoms. The summed E-state index contributed by atoms with van der Waals surface area (Å²) in [7, 11) is -3.53. The van der Waals surface area contributed by atoms with Crippen molar-refractivity contribution in [1.29, 1.82) is 0 Å². The van der Waals surface area contributed by atoms with E-state index in [1.165, 1.54) is 6.33 Å². The van der Waals surface area contributed by atoms with Crippen LogP contribution in [-0.2, 0) is 26.0 Å². The molecule has 2 aromatic heterocycles. The number of rotatable bonds is 6. The molecule has 3 heterocycles. The molecule has 0 radical (unpaired) electrons. The number of aromatic amines is 1. The number of hydrogen-bond acceptors (Lipinski definition) is 10. The molecule has 3 aliphatic rings. The van der Waals surface area contributed by atoms with E-state index in [9.17, 15) is 14.8 Å². The second-order valence-electron chi connectivity index (χ2n) is 10.2. The van der Waals surface area contributed by atoms with E-state index in [0.29, 0.717) is 5.92 Å². The van der Waals surface area contributed by atoms with Crippen molar-refractivity contribution < 1.29 is 23.8 Å². The van der Waals surface area contributed by atoms with Gasteiger partial charge in [-0.2, -0.15) is 14.0 Å². The highest BCUT2D eigenvalue weighted by atomic mass is 32.7. The van der Waals surface area contributed by atoms with Crippen LogP contribution in [0.2, 0.25) is 0 Å².